The lowest BCUT2D eigenvalue weighted by molar-refractivity contribution is -0.422. The van der Waals surface area contributed by atoms with Gasteiger partial charge in [-0.15, -0.1) is 0 Å². The summed E-state index contributed by atoms with van der Waals surface area (Å²) in [5.74, 6) is 0. The molecule has 0 amide bonds. The first-order valence-electron chi connectivity index (χ1n) is 6.75. The first-order chi connectivity index (χ1) is 9.56. The van der Waals surface area contributed by atoms with Crippen molar-refractivity contribution in [3.63, 3.8) is 0 Å². The smallest absolute Gasteiger partial charge is 0.366 e. The average Bonchev–Trinajstić information content (AvgIpc) is 2.43. The number of unbranched alkanes of at least 4 members (excludes halogenated alkanes) is 1. The number of fused-ring (bicyclic) bond motifs is 1. The van der Waals surface area contributed by atoms with E-state index < -0.39 is 15.5 Å². The second kappa shape index (κ2) is 5.85. The van der Waals surface area contributed by atoms with Gasteiger partial charge in [0.1, 0.15) is 5.69 Å². The van der Waals surface area contributed by atoms with Gasteiger partial charge < -0.3 is 4.90 Å². The fourth-order valence-corrected chi connectivity index (χ4v) is 2.64. The van der Waals surface area contributed by atoms with Crippen molar-refractivity contribution in [2.24, 2.45) is 0 Å². The summed E-state index contributed by atoms with van der Waals surface area (Å²) in [4.78, 5) is 22.9. The van der Waals surface area contributed by atoms with E-state index in [1.165, 1.54) is 6.07 Å². The minimum atomic E-state index is -0.676. The van der Waals surface area contributed by atoms with Gasteiger partial charge in [0, 0.05) is 19.2 Å². The second-order valence-corrected chi connectivity index (χ2v) is 4.90. The molecule has 0 atom stereocenters. The lowest BCUT2D eigenvalue weighted by Crippen LogP contribution is -2.31. The van der Waals surface area contributed by atoms with Crippen LogP contribution in [0.5, 0.6) is 0 Å². The maximum atomic E-state index is 11.3. The first-order valence-corrected chi connectivity index (χ1v) is 6.75. The van der Waals surface area contributed by atoms with Gasteiger partial charge in [0.15, 0.2) is 0 Å². The second-order valence-electron chi connectivity index (χ2n) is 4.90. The van der Waals surface area contributed by atoms with Crippen LogP contribution in [-0.2, 0) is 6.42 Å². The van der Waals surface area contributed by atoms with Crippen LogP contribution < -0.4 is 4.90 Å². The van der Waals surface area contributed by atoms with Crippen LogP contribution in [-0.4, -0.2) is 22.9 Å². The molecular weight excluding hydrogens is 262 g/mol. The van der Waals surface area contributed by atoms with E-state index in [0.717, 1.165) is 37.8 Å². The molecule has 7 heteroatoms. The molecule has 0 fully saturated rings. The Morgan fingerprint density at radius 1 is 1.25 bits per heavy atom. The van der Waals surface area contributed by atoms with E-state index in [-0.39, 0.29) is 5.69 Å². The monoisotopic (exact) mass is 279 g/mol. The van der Waals surface area contributed by atoms with Crippen molar-refractivity contribution < 1.29 is 9.85 Å². The van der Waals surface area contributed by atoms with Crippen LogP contribution in [0.1, 0.15) is 31.7 Å². The zero-order valence-corrected chi connectivity index (χ0v) is 11.4. The Labute approximate surface area is 116 Å². The van der Waals surface area contributed by atoms with Crippen molar-refractivity contribution in [3.05, 3.63) is 37.9 Å². The average molecular weight is 279 g/mol. The Morgan fingerprint density at radius 2 is 2.00 bits per heavy atom. The quantitative estimate of drug-likeness (QED) is 0.610. The molecule has 2 rings (SSSR count). The SMILES string of the molecule is CCCCN1CCCc2ccc([N+](=O)[O-])c([N+](=O)[O-])c21. The normalized spacial score (nSPS) is 13.9. The van der Waals surface area contributed by atoms with Gasteiger partial charge in [-0.2, -0.15) is 0 Å². The lowest BCUT2D eigenvalue weighted by atomic mass is 9.99. The van der Waals surface area contributed by atoms with Crippen molar-refractivity contribution in [2.75, 3.05) is 18.0 Å². The number of aryl methyl sites for hydroxylation is 1. The van der Waals surface area contributed by atoms with Crippen LogP contribution >= 0.6 is 0 Å². The summed E-state index contributed by atoms with van der Waals surface area (Å²) in [5.41, 5.74) is 0.508. The molecule has 20 heavy (non-hydrogen) atoms. The third-order valence-electron chi connectivity index (χ3n) is 3.56. The zero-order chi connectivity index (χ0) is 14.7. The van der Waals surface area contributed by atoms with Gasteiger partial charge in [0.05, 0.1) is 9.85 Å². The van der Waals surface area contributed by atoms with Crippen LogP contribution in [0.4, 0.5) is 17.1 Å². The summed E-state index contributed by atoms with van der Waals surface area (Å²) in [6, 6.07) is 2.90. The van der Waals surface area contributed by atoms with Crippen LogP contribution in [0.15, 0.2) is 12.1 Å². The van der Waals surface area contributed by atoms with Crippen LogP contribution in [0.25, 0.3) is 0 Å². The Balaban J connectivity index is 2.55. The molecule has 1 aliphatic rings. The topological polar surface area (TPSA) is 89.5 Å². The molecule has 0 bridgehead atoms. The van der Waals surface area contributed by atoms with Crippen molar-refractivity contribution in [1.29, 1.82) is 0 Å². The zero-order valence-electron chi connectivity index (χ0n) is 11.4. The molecule has 0 aromatic heterocycles. The highest BCUT2D eigenvalue weighted by atomic mass is 16.6. The number of anilines is 1. The standard InChI is InChI=1S/C13H17N3O4/c1-2-3-8-14-9-4-5-10-6-7-11(15(17)18)13(12(10)14)16(19)20/h6-7H,2-5,8-9H2,1H3. The third-order valence-corrected chi connectivity index (χ3v) is 3.56. The van der Waals surface area contributed by atoms with Gasteiger partial charge in [-0.05, 0) is 30.9 Å². The van der Waals surface area contributed by atoms with Gasteiger partial charge in [0.2, 0.25) is 0 Å². The van der Waals surface area contributed by atoms with Crippen molar-refractivity contribution in [1.82, 2.24) is 0 Å². The number of benzene rings is 1. The van der Waals surface area contributed by atoms with E-state index in [2.05, 4.69) is 0 Å². The molecule has 0 saturated carbocycles. The summed E-state index contributed by atoms with van der Waals surface area (Å²) in [6.45, 7) is 3.47. The van der Waals surface area contributed by atoms with Gasteiger partial charge in [0.25, 0.3) is 0 Å². The predicted molar refractivity (Wildman–Crippen MR) is 75.2 cm³/mol. The predicted octanol–water partition coefficient (Wildman–Crippen LogP) is 3.06. The maximum absolute atomic E-state index is 11.3. The third kappa shape index (κ3) is 2.56. The molecule has 0 spiro atoms. The van der Waals surface area contributed by atoms with Crippen molar-refractivity contribution in [3.8, 4) is 0 Å². The van der Waals surface area contributed by atoms with Gasteiger partial charge in [-0.3, -0.25) is 20.2 Å². The fraction of sp³-hybridized carbons (Fsp3) is 0.538. The lowest BCUT2D eigenvalue weighted by Gasteiger charge is -2.30. The Kier molecular flexibility index (Phi) is 4.16. The van der Waals surface area contributed by atoms with Gasteiger partial charge in [-0.1, -0.05) is 13.3 Å². The van der Waals surface area contributed by atoms with E-state index in [4.69, 9.17) is 0 Å². The van der Waals surface area contributed by atoms with Crippen LogP contribution in [0.3, 0.4) is 0 Å². The molecule has 1 aliphatic heterocycles. The summed E-state index contributed by atoms with van der Waals surface area (Å²) in [5, 5.41) is 22.3. The number of nitrogens with zero attached hydrogens (tertiary/aromatic N) is 3. The number of nitro benzene ring substituents is 2. The van der Waals surface area contributed by atoms with Crippen LogP contribution in [0, 0.1) is 20.2 Å². The summed E-state index contributed by atoms with van der Waals surface area (Å²) in [7, 11) is 0. The molecule has 0 saturated heterocycles. The molecule has 1 aromatic carbocycles. The Hall–Kier alpha value is -2.18. The fourth-order valence-electron chi connectivity index (χ4n) is 2.64. The number of nitro groups is 2. The minimum Gasteiger partial charge on any atom is -0.366 e. The van der Waals surface area contributed by atoms with Crippen LogP contribution in [0.2, 0.25) is 0 Å². The first kappa shape index (κ1) is 14.2. The van der Waals surface area contributed by atoms with E-state index in [0.29, 0.717) is 12.2 Å². The van der Waals surface area contributed by atoms with E-state index in [9.17, 15) is 20.2 Å². The van der Waals surface area contributed by atoms with Gasteiger partial charge >= 0.3 is 11.4 Å². The molecule has 0 unspecified atom stereocenters. The van der Waals surface area contributed by atoms with Crippen molar-refractivity contribution in [2.45, 2.75) is 32.6 Å². The largest absolute Gasteiger partial charge is 0.369 e. The highest BCUT2D eigenvalue weighted by Crippen LogP contribution is 2.42. The molecule has 7 nitrogen and oxygen atoms in total. The molecule has 1 aromatic rings. The summed E-state index contributed by atoms with van der Waals surface area (Å²) >= 11 is 0. The summed E-state index contributed by atoms with van der Waals surface area (Å²) in [6.07, 6.45) is 3.55. The Bertz CT molecular complexity index is 545. The number of hydrogen-bond acceptors (Lipinski definition) is 5. The van der Waals surface area contributed by atoms with E-state index >= 15 is 0 Å². The molecule has 108 valence electrons. The molecular formula is C13H17N3O4. The maximum Gasteiger partial charge on any atom is 0.369 e. The Morgan fingerprint density at radius 3 is 2.60 bits per heavy atom. The van der Waals surface area contributed by atoms with Crippen molar-refractivity contribution >= 4 is 17.1 Å². The minimum absolute atomic E-state index is 0.358. The highest BCUT2D eigenvalue weighted by molar-refractivity contribution is 5.77. The molecule has 0 N–H and O–H groups in total. The van der Waals surface area contributed by atoms with E-state index in [1.54, 1.807) is 6.07 Å². The molecule has 0 aliphatic carbocycles. The number of hydrogen-bond donors (Lipinski definition) is 0. The summed E-state index contributed by atoms with van der Waals surface area (Å²) < 4.78 is 0. The number of rotatable bonds is 5. The highest BCUT2D eigenvalue weighted by Gasteiger charge is 2.34. The van der Waals surface area contributed by atoms with E-state index in [1.807, 2.05) is 11.8 Å². The molecule has 1 heterocycles. The van der Waals surface area contributed by atoms with Gasteiger partial charge in [-0.25, -0.2) is 0 Å². The molecule has 0 radical (unpaired) electrons.